The number of nitrogens with one attached hydrogen (secondary N) is 2. The highest BCUT2D eigenvalue weighted by molar-refractivity contribution is 6.04. The molecule has 0 saturated carbocycles. The minimum atomic E-state index is -0.166. The van der Waals surface area contributed by atoms with Crippen LogP contribution in [0.5, 0.6) is 0 Å². The topological polar surface area (TPSA) is 67.4 Å². The zero-order chi connectivity index (χ0) is 19.2. The van der Waals surface area contributed by atoms with Crippen LogP contribution in [0.25, 0.3) is 0 Å². The fraction of sp³-hybridized carbons (Fsp3) is 0.364. The number of hydrogen-bond acceptors (Lipinski definition) is 3. The third-order valence-corrected chi connectivity index (χ3v) is 4.76. The Morgan fingerprint density at radius 1 is 1.00 bits per heavy atom. The summed E-state index contributed by atoms with van der Waals surface area (Å²) in [5.41, 5.74) is 3.03. The van der Waals surface area contributed by atoms with Gasteiger partial charge < -0.3 is 15.4 Å². The zero-order valence-electron chi connectivity index (χ0n) is 15.8. The summed E-state index contributed by atoms with van der Waals surface area (Å²) in [4.78, 5) is 24.5. The number of carbonyl (C=O) groups is 2. The van der Waals surface area contributed by atoms with Crippen LogP contribution in [0.3, 0.4) is 0 Å². The van der Waals surface area contributed by atoms with E-state index in [4.69, 9.17) is 4.74 Å². The Morgan fingerprint density at radius 3 is 2.22 bits per heavy atom. The van der Waals surface area contributed by atoms with Gasteiger partial charge in [0, 0.05) is 30.0 Å². The summed E-state index contributed by atoms with van der Waals surface area (Å²) in [5, 5.41) is 5.75. The lowest BCUT2D eigenvalue weighted by Gasteiger charge is -2.11. The number of ether oxygens (including phenoxy) is 1. The first-order chi connectivity index (χ1) is 13.0. The second kappa shape index (κ2) is 8.82. The summed E-state index contributed by atoms with van der Waals surface area (Å²) >= 11 is 0. The lowest BCUT2D eigenvalue weighted by Crippen LogP contribution is -2.31. The largest absolute Gasteiger partial charge is 0.376 e. The molecule has 27 heavy (non-hydrogen) atoms. The molecule has 1 fully saturated rings. The van der Waals surface area contributed by atoms with E-state index >= 15 is 0 Å². The van der Waals surface area contributed by atoms with Crippen LogP contribution in [0.1, 0.15) is 58.9 Å². The fourth-order valence-corrected chi connectivity index (χ4v) is 3.04. The second-order valence-corrected chi connectivity index (χ2v) is 7.15. The van der Waals surface area contributed by atoms with Crippen LogP contribution in [0.4, 0.5) is 5.69 Å². The molecule has 2 aromatic carbocycles. The molecule has 0 spiro atoms. The van der Waals surface area contributed by atoms with Crippen molar-refractivity contribution in [1.29, 1.82) is 0 Å². The molecule has 0 aromatic heterocycles. The maximum absolute atomic E-state index is 12.4. The van der Waals surface area contributed by atoms with E-state index in [9.17, 15) is 9.59 Å². The molecule has 5 nitrogen and oxygen atoms in total. The van der Waals surface area contributed by atoms with Crippen LogP contribution < -0.4 is 10.6 Å². The average molecular weight is 366 g/mol. The molecular weight excluding hydrogens is 340 g/mol. The van der Waals surface area contributed by atoms with Crippen LogP contribution in [0.2, 0.25) is 0 Å². The van der Waals surface area contributed by atoms with Gasteiger partial charge in [0.25, 0.3) is 11.8 Å². The normalized spacial score (nSPS) is 16.3. The molecule has 2 aromatic rings. The van der Waals surface area contributed by atoms with Gasteiger partial charge in [-0.1, -0.05) is 26.0 Å². The van der Waals surface area contributed by atoms with E-state index < -0.39 is 0 Å². The van der Waals surface area contributed by atoms with Crippen LogP contribution in [-0.4, -0.2) is 31.1 Å². The predicted molar refractivity (Wildman–Crippen MR) is 106 cm³/mol. The Labute approximate surface area is 160 Å². The van der Waals surface area contributed by atoms with Gasteiger partial charge in [0.1, 0.15) is 0 Å². The highest BCUT2D eigenvalue weighted by atomic mass is 16.5. The number of benzene rings is 2. The molecular formula is C22H26N2O3. The monoisotopic (exact) mass is 366 g/mol. The number of anilines is 1. The van der Waals surface area contributed by atoms with E-state index in [1.165, 1.54) is 5.56 Å². The SMILES string of the molecule is CC(C)c1ccc(C(=O)Nc2ccc(C(=O)NC[C@H]3CCCO3)cc2)cc1. The van der Waals surface area contributed by atoms with Gasteiger partial charge in [0.15, 0.2) is 0 Å². The highest BCUT2D eigenvalue weighted by Crippen LogP contribution is 2.16. The molecule has 3 rings (SSSR count). The van der Waals surface area contributed by atoms with Crippen LogP contribution in [0, 0.1) is 0 Å². The van der Waals surface area contributed by atoms with Gasteiger partial charge in [-0.3, -0.25) is 9.59 Å². The third-order valence-electron chi connectivity index (χ3n) is 4.76. The zero-order valence-corrected chi connectivity index (χ0v) is 15.8. The molecule has 1 aliphatic rings. The van der Waals surface area contributed by atoms with Crippen LogP contribution in [-0.2, 0) is 4.74 Å². The van der Waals surface area contributed by atoms with Crippen molar-refractivity contribution in [3.05, 3.63) is 65.2 Å². The molecule has 2 amide bonds. The molecule has 1 atom stereocenters. The summed E-state index contributed by atoms with van der Waals surface area (Å²) in [6.07, 6.45) is 2.16. The Kier molecular flexibility index (Phi) is 6.24. The average Bonchev–Trinajstić information content (AvgIpc) is 3.20. The molecule has 0 unspecified atom stereocenters. The molecule has 1 aliphatic heterocycles. The van der Waals surface area contributed by atoms with Crippen molar-refractivity contribution in [1.82, 2.24) is 5.32 Å². The van der Waals surface area contributed by atoms with Crippen molar-refractivity contribution < 1.29 is 14.3 Å². The van der Waals surface area contributed by atoms with Crippen LogP contribution in [0.15, 0.2) is 48.5 Å². The first kappa shape index (κ1) is 19.1. The van der Waals surface area contributed by atoms with Gasteiger partial charge in [-0.05, 0) is 60.7 Å². The van der Waals surface area contributed by atoms with Crippen molar-refractivity contribution >= 4 is 17.5 Å². The number of rotatable bonds is 6. The van der Waals surface area contributed by atoms with E-state index in [1.54, 1.807) is 24.3 Å². The van der Waals surface area contributed by atoms with Gasteiger partial charge >= 0.3 is 0 Å². The molecule has 2 N–H and O–H groups in total. The Balaban J connectivity index is 1.54. The van der Waals surface area contributed by atoms with Crippen molar-refractivity contribution in [3.8, 4) is 0 Å². The van der Waals surface area contributed by atoms with E-state index in [0.717, 1.165) is 19.4 Å². The second-order valence-electron chi connectivity index (χ2n) is 7.15. The maximum Gasteiger partial charge on any atom is 0.255 e. The number of carbonyl (C=O) groups excluding carboxylic acids is 2. The number of hydrogen-bond donors (Lipinski definition) is 2. The smallest absolute Gasteiger partial charge is 0.255 e. The lowest BCUT2D eigenvalue weighted by atomic mass is 10.0. The fourth-order valence-electron chi connectivity index (χ4n) is 3.04. The van der Waals surface area contributed by atoms with Crippen LogP contribution >= 0.6 is 0 Å². The van der Waals surface area contributed by atoms with Crippen molar-refractivity contribution in [3.63, 3.8) is 0 Å². The standard InChI is InChI=1S/C22H26N2O3/c1-15(2)16-5-7-18(8-6-16)22(26)24-19-11-9-17(10-12-19)21(25)23-14-20-4-3-13-27-20/h5-12,15,20H,3-4,13-14H2,1-2H3,(H,23,25)(H,24,26)/t20-/m1/s1. The molecule has 0 aliphatic carbocycles. The summed E-state index contributed by atoms with van der Waals surface area (Å²) in [6.45, 7) is 5.54. The quantitative estimate of drug-likeness (QED) is 0.813. The molecule has 142 valence electrons. The van der Waals surface area contributed by atoms with Crippen molar-refractivity contribution in [2.45, 2.75) is 38.7 Å². The van der Waals surface area contributed by atoms with E-state index in [1.807, 2.05) is 24.3 Å². The predicted octanol–water partition coefficient (Wildman–Crippen LogP) is 3.97. The van der Waals surface area contributed by atoms with Gasteiger partial charge in [-0.15, -0.1) is 0 Å². The first-order valence-corrected chi connectivity index (χ1v) is 9.44. The third kappa shape index (κ3) is 5.17. The molecule has 0 radical (unpaired) electrons. The minimum Gasteiger partial charge on any atom is -0.376 e. The Bertz CT molecular complexity index is 776. The Hall–Kier alpha value is -2.66. The van der Waals surface area contributed by atoms with Gasteiger partial charge in [-0.25, -0.2) is 0 Å². The van der Waals surface area contributed by atoms with Crippen molar-refractivity contribution in [2.75, 3.05) is 18.5 Å². The highest BCUT2D eigenvalue weighted by Gasteiger charge is 2.16. The van der Waals surface area contributed by atoms with Gasteiger partial charge in [-0.2, -0.15) is 0 Å². The molecule has 1 saturated heterocycles. The molecule has 0 bridgehead atoms. The maximum atomic E-state index is 12.4. The first-order valence-electron chi connectivity index (χ1n) is 9.44. The van der Waals surface area contributed by atoms with Gasteiger partial charge in [0.2, 0.25) is 0 Å². The molecule has 1 heterocycles. The summed E-state index contributed by atoms with van der Waals surface area (Å²) in [6, 6.07) is 14.5. The van der Waals surface area contributed by atoms with E-state index in [2.05, 4.69) is 24.5 Å². The summed E-state index contributed by atoms with van der Waals surface area (Å²) < 4.78 is 5.50. The minimum absolute atomic E-state index is 0.120. The summed E-state index contributed by atoms with van der Waals surface area (Å²) in [7, 11) is 0. The lowest BCUT2D eigenvalue weighted by molar-refractivity contribution is 0.0857. The van der Waals surface area contributed by atoms with E-state index in [0.29, 0.717) is 29.3 Å². The number of amides is 2. The van der Waals surface area contributed by atoms with Gasteiger partial charge in [0.05, 0.1) is 6.10 Å². The summed E-state index contributed by atoms with van der Waals surface area (Å²) in [5.74, 6) is 0.134. The van der Waals surface area contributed by atoms with E-state index in [-0.39, 0.29) is 17.9 Å². The van der Waals surface area contributed by atoms with Crippen molar-refractivity contribution in [2.24, 2.45) is 0 Å². The molecule has 5 heteroatoms. The Morgan fingerprint density at radius 2 is 1.63 bits per heavy atom.